The van der Waals surface area contributed by atoms with Gasteiger partial charge in [-0.15, -0.1) is 0 Å². The summed E-state index contributed by atoms with van der Waals surface area (Å²) in [6, 6.07) is 0. The number of carbonyl (C=O) groups excluding carboxylic acids is 3. The third-order valence-electron chi connectivity index (χ3n) is 4.09. The topological polar surface area (TPSA) is 142 Å². The lowest BCUT2D eigenvalue weighted by atomic mass is 9.95. The molecule has 10 heteroatoms. The molecule has 0 aromatic carbocycles. The zero-order chi connectivity index (χ0) is 22.5. The van der Waals surface area contributed by atoms with Crippen molar-refractivity contribution in [2.75, 3.05) is 53.1 Å². The number of amides is 1. The van der Waals surface area contributed by atoms with Crippen molar-refractivity contribution in [3.05, 3.63) is 10.4 Å². The van der Waals surface area contributed by atoms with Crippen LogP contribution in [0.4, 0.5) is 0 Å². The molecule has 0 fully saturated rings. The molecule has 0 heterocycles. The van der Waals surface area contributed by atoms with Crippen LogP contribution in [0.2, 0.25) is 0 Å². The minimum atomic E-state index is -0.402. The molecular weight excluding hydrogens is 378 g/mol. The van der Waals surface area contributed by atoms with Crippen LogP contribution in [0.1, 0.15) is 46.8 Å². The number of hydrogen-bond acceptors (Lipinski definition) is 7. The second-order valence-electron chi connectivity index (χ2n) is 6.50. The maximum Gasteiger partial charge on any atom is 0.223 e. The van der Waals surface area contributed by atoms with Gasteiger partial charge in [-0.25, -0.2) is 0 Å². The molecule has 0 bridgehead atoms. The van der Waals surface area contributed by atoms with Gasteiger partial charge in [-0.05, 0) is 37.9 Å². The number of hydrogen-bond donors (Lipinski definition) is 2. The largest absolute Gasteiger partial charge is 0.381 e. The molecule has 0 saturated carbocycles. The first-order valence-corrected chi connectivity index (χ1v) is 9.96. The number of ketones is 2. The van der Waals surface area contributed by atoms with Gasteiger partial charge in [0.05, 0.1) is 6.61 Å². The van der Waals surface area contributed by atoms with Crippen LogP contribution in [0.15, 0.2) is 5.11 Å². The molecule has 29 heavy (non-hydrogen) atoms. The molecule has 0 aromatic heterocycles. The molecule has 1 atom stereocenters. The van der Waals surface area contributed by atoms with Crippen LogP contribution < -0.4 is 10.6 Å². The monoisotopic (exact) mass is 415 g/mol. The Morgan fingerprint density at radius 1 is 1.14 bits per heavy atom. The van der Waals surface area contributed by atoms with Gasteiger partial charge >= 0.3 is 0 Å². The van der Waals surface area contributed by atoms with Crippen molar-refractivity contribution in [3.8, 4) is 0 Å². The van der Waals surface area contributed by atoms with Crippen molar-refractivity contribution >= 4 is 17.5 Å². The van der Waals surface area contributed by atoms with Crippen molar-refractivity contribution < 1.29 is 25.2 Å². The SMILES string of the molecule is [3H]CCNCCCCC(CC(=O)COCC(=O)CCCOCCN=[N+]=[N-])C(=O)NC. The Bertz CT molecular complexity index is 543. The molecule has 166 valence electrons. The lowest BCUT2D eigenvalue weighted by molar-refractivity contribution is -0.133. The van der Waals surface area contributed by atoms with Crippen molar-refractivity contribution in [3.63, 3.8) is 0 Å². The van der Waals surface area contributed by atoms with Crippen LogP contribution >= 0.6 is 0 Å². The Labute approximate surface area is 174 Å². The Morgan fingerprint density at radius 2 is 1.93 bits per heavy atom. The summed E-state index contributed by atoms with van der Waals surface area (Å²) >= 11 is 0. The Balaban J connectivity index is 3.94. The predicted molar refractivity (Wildman–Crippen MR) is 109 cm³/mol. The minimum absolute atomic E-state index is 0.0903. The Morgan fingerprint density at radius 3 is 2.66 bits per heavy atom. The molecule has 0 radical (unpaired) electrons. The fourth-order valence-electron chi connectivity index (χ4n) is 2.60. The van der Waals surface area contributed by atoms with E-state index in [1.807, 2.05) is 0 Å². The summed E-state index contributed by atoms with van der Waals surface area (Å²) in [5.41, 5.74) is 8.12. The quantitative estimate of drug-likeness (QED) is 0.134. The van der Waals surface area contributed by atoms with Crippen molar-refractivity contribution in [1.82, 2.24) is 10.6 Å². The summed E-state index contributed by atoms with van der Waals surface area (Å²) in [7, 11) is 1.55. The first kappa shape index (κ1) is 25.0. The van der Waals surface area contributed by atoms with Gasteiger partial charge in [0.25, 0.3) is 0 Å². The first-order valence-electron chi connectivity index (χ1n) is 10.7. The van der Waals surface area contributed by atoms with E-state index in [1.54, 1.807) is 7.05 Å². The number of ether oxygens (including phenoxy) is 2. The molecule has 0 aliphatic rings. The standard InChI is InChI=1S/C19H35N5O5/c1-3-22-9-5-4-7-16(19(27)21-2)13-18(26)15-29-14-17(25)8-6-11-28-12-10-23-24-20/h16,22H,3-15H2,1-2H3,(H,21,27)/i1T. The minimum Gasteiger partial charge on any atom is -0.381 e. The summed E-state index contributed by atoms with van der Waals surface area (Å²) in [6.07, 6.45) is 3.19. The highest BCUT2D eigenvalue weighted by atomic mass is 16.5. The molecule has 0 saturated heterocycles. The molecule has 2 N–H and O–H groups in total. The van der Waals surface area contributed by atoms with Crippen LogP contribution in [0.25, 0.3) is 10.4 Å². The van der Waals surface area contributed by atoms with E-state index in [1.165, 1.54) is 0 Å². The number of nitrogens with one attached hydrogen (secondary N) is 2. The predicted octanol–water partition coefficient (Wildman–Crippen LogP) is 1.78. The van der Waals surface area contributed by atoms with E-state index in [0.717, 1.165) is 19.4 Å². The van der Waals surface area contributed by atoms with Crippen molar-refractivity contribution in [2.45, 2.75) is 45.4 Å². The lowest BCUT2D eigenvalue weighted by Gasteiger charge is -2.15. The molecule has 1 unspecified atom stereocenters. The molecule has 0 aliphatic carbocycles. The maximum absolute atomic E-state index is 12.1. The van der Waals surface area contributed by atoms with Gasteiger partial charge in [-0.3, -0.25) is 14.4 Å². The van der Waals surface area contributed by atoms with Gasteiger partial charge in [0.1, 0.15) is 13.2 Å². The Kier molecular flexibility index (Phi) is 16.7. The van der Waals surface area contributed by atoms with Gasteiger partial charge in [0.2, 0.25) is 5.91 Å². The third kappa shape index (κ3) is 16.6. The van der Waals surface area contributed by atoms with E-state index in [-0.39, 0.29) is 50.1 Å². The first-order chi connectivity index (χ1) is 14.5. The highest BCUT2D eigenvalue weighted by Crippen LogP contribution is 2.14. The smallest absolute Gasteiger partial charge is 0.223 e. The summed E-state index contributed by atoms with van der Waals surface area (Å²) in [5, 5.41) is 9.05. The van der Waals surface area contributed by atoms with E-state index in [2.05, 4.69) is 20.7 Å². The number of azide groups is 1. The molecule has 1 amide bonds. The molecule has 10 nitrogen and oxygen atoms in total. The summed E-state index contributed by atoms with van der Waals surface area (Å²) in [5.74, 6) is -0.894. The van der Waals surface area contributed by atoms with Gasteiger partial charge < -0.3 is 20.1 Å². The zero-order valence-electron chi connectivity index (χ0n) is 18.4. The molecule has 0 aromatic rings. The number of nitrogens with zero attached hydrogens (tertiary/aromatic N) is 3. The fourth-order valence-corrected chi connectivity index (χ4v) is 2.60. The van der Waals surface area contributed by atoms with Gasteiger partial charge in [0, 0.05) is 45.2 Å². The zero-order valence-corrected chi connectivity index (χ0v) is 17.4. The average Bonchev–Trinajstić information content (AvgIpc) is 2.74. The summed E-state index contributed by atoms with van der Waals surface area (Å²) in [6.45, 7) is 2.41. The van der Waals surface area contributed by atoms with Gasteiger partial charge in [-0.2, -0.15) is 0 Å². The molecule has 0 rings (SSSR count). The fraction of sp³-hybridized carbons (Fsp3) is 0.842. The summed E-state index contributed by atoms with van der Waals surface area (Å²) < 4.78 is 17.5. The van der Waals surface area contributed by atoms with Crippen LogP contribution in [0, 0.1) is 5.92 Å². The highest BCUT2D eigenvalue weighted by molar-refractivity contribution is 5.87. The normalized spacial score (nSPS) is 12.0. The second kappa shape index (κ2) is 19.3. The summed E-state index contributed by atoms with van der Waals surface area (Å²) in [4.78, 5) is 38.5. The van der Waals surface area contributed by atoms with E-state index < -0.39 is 5.92 Å². The van der Waals surface area contributed by atoms with Crippen molar-refractivity contribution in [1.29, 1.82) is 0 Å². The van der Waals surface area contributed by atoms with E-state index >= 15 is 0 Å². The van der Waals surface area contributed by atoms with E-state index in [4.69, 9.17) is 16.4 Å². The van der Waals surface area contributed by atoms with Crippen molar-refractivity contribution in [2.24, 2.45) is 11.0 Å². The van der Waals surface area contributed by atoms with Crippen LogP contribution in [-0.2, 0) is 23.9 Å². The van der Waals surface area contributed by atoms with Gasteiger partial charge in [0.15, 0.2) is 11.6 Å². The second-order valence-corrected chi connectivity index (χ2v) is 6.50. The van der Waals surface area contributed by atoms with E-state index in [0.29, 0.717) is 39.5 Å². The lowest BCUT2D eigenvalue weighted by Crippen LogP contribution is -2.30. The van der Waals surface area contributed by atoms with Gasteiger partial charge in [-0.1, -0.05) is 18.4 Å². The van der Waals surface area contributed by atoms with Crippen LogP contribution in [0.5, 0.6) is 0 Å². The number of Topliss-reactive ketones (excluding diaryl/α,β-unsaturated/α-hetero) is 2. The van der Waals surface area contributed by atoms with E-state index in [9.17, 15) is 14.4 Å². The maximum atomic E-state index is 12.1. The third-order valence-corrected chi connectivity index (χ3v) is 4.09. The Hall–Kier alpha value is -2.00. The average molecular weight is 416 g/mol. The van der Waals surface area contributed by atoms with Crippen LogP contribution in [-0.4, -0.2) is 70.6 Å². The molecular formula is C19H35N5O5. The van der Waals surface area contributed by atoms with Crippen LogP contribution in [0.3, 0.4) is 0 Å². The molecule has 0 aliphatic heterocycles. The molecule has 0 spiro atoms. The number of unbranched alkanes of at least 4 members (excludes halogenated alkanes) is 1. The highest BCUT2D eigenvalue weighted by Gasteiger charge is 2.20. The number of carbonyl (C=O) groups is 3. The number of rotatable bonds is 20.